The fraction of sp³-hybridized carbons (Fsp3) is 0.360. The maximum atomic E-state index is 12.1. The molecule has 4 atom stereocenters. The zero-order chi connectivity index (χ0) is 22.1. The summed E-state index contributed by atoms with van der Waals surface area (Å²) in [5, 5.41) is 0. The normalized spacial score (nSPS) is 21.4. The summed E-state index contributed by atoms with van der Waals surface area (Å²) < 4.78 is 22.9. The summed E-state index contributed by atoms with van der Waals surface area (Å²) in [6.45, 7) is 2.44. The van der Waals surface area contributed by atoms with Gasteiger partial charge in [0.05, 0.1) is 33.0 Å². The summed E-state index contributed by atoms with van der Waals surface area (Å²) in [6.07, 6.45) is 1.96. The second kappa shape index (κ2) is 11.6. The molecule has 164 valence electrons. The third kappa shape index (κ3) is 6.59. The lowest BCUT2D eigenvalue weighted by Crippen LogP contribution is -2.46. The first-order valence-corrected chi connectivity index (χ1v) is 10.3. The van der Waals surface area contributed by atoms with E-state index < -0.39 is 24.1 Å². The molecule has 1 aliphatic rings. The van der Waals surface area contributed by atoms with Gasteiger partial charge in [-0.2, -0.15) is 0 Å². The molecule has 0 radical (unpaired) electrons. The number of ether oxygens (including phenoxy) is 4. The predicted molar refractivity (Wildman–Crippen MR) is 115 cm³/mol. The van der Waals surface area contributed by atoms with Gasteiger partial charge in [-0.1, -0.05) is 72.8 Å². The van der Waals surface area contributed by atoms with Gasteiger partial charge in [0.2, 0.25) is 0 Å². The molecule has 1 aliphatic heterocycles. The molecule has 0 aliphatic carbocycles. The van der Waals surface area contributed by atoms with E-state index in [0.717, 1.165) is 11.1 Å². The van der Waals surface area contributed by atoms with Gasteiger partial charge >= 0.3 is 5.97 Å². The van der Waals surface area contributed by atoms with Crippen molar-refractivity contribution in [2.75, 3.05) is 13.7 Å². The molecular weight excluding hydrogens is 396 g/mol. The second-order valence-corrected chi connectivity index (χ2v) is 7.40. The Hall–Kier alpha value is -2.80. The average Bonchev–Trinajstić information content (AvgIpc) is 2.79. The Morgan fingerprint density at radius 1 is 0.935 bits per heavy atom. The Bertz CT molecular complexity index is 864. The minimum atomic E-state index is -1.02. The summed E-state index contributed by atoms with van der Waals surface area (Å²) in [5.41, 5.74) is 2.08. The monoisotopic (exact) mass is 424 g/mol. The number of hydrogen-bond acceptors (Lipinski definition) is 6. The number of carbonyl (C=O) groups is 2. The van der Waals surface area contributed by atoms with Crippen LogP contribution in [-0.4, -0.2) is 43.8 Å². The Morgan fingerprint density at radius 2 is 1.55 bits per heavy atom. The molecular formula is C25H28O6. The van der Waals surface area contributed by atoms with Gasteiger partial charge in [0.1, 0.15) is 23.9 Å². The van der Waals surface area contributed by atoms with Gasteiger partial charge in [0.15, 0.2) is 0 Å². The van der Waals surface area contributed by atoms with Crippen LogP contribution in [0.1, 0.15) is 18.1 Å². The largest absolute Gasteiger partial charge is 0.468 e. The van der Waals surface area contributed by atoms with Crippen molar-refractivity contribution >= 4 is 11.8 Å². The van der Waals surface area contributed by atoms with Crippen molar-refractivity contribution in [3.8, 4) is 0 Å². The van der Waals surface area contributed by atoms with Gasteiger partial charge in [0.25, 0.3) is 0 Å². The Labute approximate surface area is 182 Å². The van der Waals surface area contributed by atoms with Crippen LogP contribution in [-0.2, 0) is 41.8 Å². The zero-order valence-corrected chi connectivity index (χ0v) is 17.8. The maximum absolute atomic E-state index is 12.1. The van der Waals surface area contributed by atoms with Crippen molar-refractivity contribution in [2.45, 2.75) is 38.4 Å². The van der Waals surface area contributed by atoms with Crippen molar-refractivity contribution in [1.82, 2.24) is 0 Å². The lowest BCUT2D eigenvalue weighted by atomic mass is 9.94. The number of benzene rings is 2. The molecule has 1 heterocycles. The Balaban J connectivity index is 1.69. The van der Waals surface area contributed by atoms with E-state index in [4.69, 9.17) is 18.9 Å². The third-order valence-electron chi connectivity index (χ3n) is 5.09. The van der Waals surface area contributed by atoms with E-state index in [1.807, 2.05) is 66.7 Å². The minimum Gasteiger partial charge on any atom is -0.468 e. The van der Waals surface area contributed by atoms with Crippen LogP contribution in [0, 0.1) is 5.92 Å². The fourth-order valence-corrected chi connectivity index (χ4v) is 3.45. The summed E-state index contributed by atoms with van der Waals surface area (Å²) in [5.74, 6) is -1.95. The van der Waals surface area contributed by atoms with E-state index in [1.54, 1.807) is 6.08 Å². The van der Waals surface area contributed by atoms with Crippen LogP contribution in [0.5, 0.6) is 0 Å². The summed E-state index contributed by atoms with van der Waals surface area (Å²) in [6, 6.07) is 19.7. The van der Waals surface area contributed by atoms with E-state index in [-0.39, 0.29) is 18.5 Å². The van der Waals surface area contributed by atoms with Crippen LogP contribution in [0.4, 0.5) is 0 Å². The van der Waals surface area contributed by atoms with Gasteiger partial charge in [0, 0.05) is 0 Å². The molecule has 0 N–H and O–H groups in total. The fourth-order valence-electron chi connectivity index (χ4n) is 3.45. The quantitative estimate of drug-likeness (QED) is 0.330. The number of ketones is 1. The van der Waals surface area contributed by atoms with E-state index in [2.05, 4.69) is 0 Å². The van der Waals surface area contributed by atoms with Crippen LogP contribution in [0.15, 0.2) is 72.8 Å². The molecule has 2 aromatic rings. The van der Waals surface area contributed by atoms with Gasteiger partial charge in [-0.15, -0.1) is 0 Å². The topological polar surface area (TPSA) is 71.1 Å². The highest BCUT2D eigenvalue weighted by molar-refractivity contribution is 5.98. The van der Waals surface area contributed by atoms with Crippen LogP contribution in [0.3, 0.4) is 0 Å². The highest BCUT2D eigenvalue weighted by Gasteiger charge is 2.38. The molecule has 0 aromatic heterocycles. The predicted octanol–water partition coefficient (Wildman–Crippen LogP) is 3.49. The van der Waals surface area contributed by atoms with E-state index in [9.17, 15) is 9.59 Å². The van der Waals surface area contributed by atoms with Crippen molar-refractivity contribution in [3.05, 3.63) is 83.9 Å². The molecule has 6 heteroatoms. The van der Waals surface area contributed by atoms with Crippen LogP contribution < -0.4 is 0 Å². The first-order chi connectivity index (χ1) is 15.1. The molecule has 0 amide bonds. The molecule has 3 rings (SSSR count). The SMILES string of the molecule is COC(=O)C(C(C)=O)[C@H]1C=C[C@H](OCc2ccccc2)[C@@H](COCc2ccccc2)O1. The van der Waals surface area contributed by atoms with Crippen LogP contribution in [0.2, 0.25) is 0 Å². The second-order valence-electron chi connectivity index (χ2n) is 7.40. The van der Waals surface area contributed by atoms with Gasteiger partial charge in [-0.3, -0.25) is 9.59 Å². The standard InChI is InChI=1S/C25H28O6/c1-18(26)24(25(27)28-2)22-14-13-21(30-16-20-11-7-4-8-12-20)23(31-22)17-29-15-19-9-5-3-6-10-19/h3-14,21-24H,15-17H2,1-2H3/t21-,22+,23+,24?/m0/s1. The minimum absolute atomic E-state index is 0.251. The number of rotatable bonds is 10. The molecule has 0 fully saturated rings. The van der Waals surface area contributed by atoms with Crippen molar-refractivity contribution in [3.63, 3.8) is 0 Å². The van der Waals surface area contributed by atoms with Gasteiger partial charge in [-0.25, -0.2) is 0 Å². The molecule has 6 nitrogen and oxygen atoms in total. The average molecular weight is 424 g/mol. The van der Waals surface area contributed by atoms with Gasteiger partial charge < -0.3 is 18.9 Å². The van der Waals surface area contributed by atoms with E-state index in [0.29, 0.717) is 13.2 Å². The Morgan fingerprint density at radius 3 is 2.13 bits per heavy atom. The van der Waals surface area contributed by atoms with Crippen LogP contribution >= 0.6 is 0 Å². The Kier molecular flexibility index (Phi) is 8.53. The molecule has 0 saturated carbocycles. The van der Waals surface area contributed by atoms with E-state index in [1.165, 1.54) is 14.0 Å². The summed E-state index contributed by atoms with van der Waals surface area (Å²) in [4.78, 5) is 24.2. The van der Waals surface area contributed by atoms with E-state index >= 15 is 0 Å². The summed E-state index contributed by atoms with van der Waals surface area (Å²) in [7, 11) is 1.26. The van der Waals surface area contributed by atoms with Gasteiger partial charge in [-0.05, 0) is 18.1 Å². The maximum Gasteiger partial charge on any atom is 0.319 e. The molecule has 2 aromatic carbocycles. The number of Topliss-reactive ketones (excluding diaryl/α,β-unsaturated/α-hetero) is 1. The van der Waals surface area contributed by atoms with Crippen LogP contribution in [0.25, 0.3) is 0 Å². The number of hydrogen-bond donors (Lipinski definition) is 0. The molecule has 0 spiro atoms. The highest BCUT2D eigenvalue weighted by atomic mass is 16.6. The molecule has 1 unspecified atom stereocenters. The zero-order valence-electron chi connectivity index (χ0n) is 17.8. The number of esters is 1. The highest BCUT2D eigenvalue weighted by Crippen LogP contribution is 2.24. The summed E-state index contributed by atoms with van der Waals surface area (Å²) >= 11 is 0. The number of carbonyl (C=O) groups excluding carboxylic acids is 2. The van der Waals surface area contributed by atoms with Crippen molar-refractivity contribution in [1.29, 1.82) is 0 Å². The first-order valence-electron chi connectivity index (χ1n) is 10.3. The number of methoxy groups -OCH3 is 1. The lowest BCUT2D eigenvalue weighted by Gasteiger charge is -2.34. The first kappa shape index (κ1) is 22.9. The lowest BCUT2D eigenvalue weighted by molar-refractivity contribution is -0.164. The van der Waals surface area contributed by atoms with Crippen molar-refractivity contribution < 1.29 is 28.5 Å². The molecule has 31 heavy (non-hydrogen) atoms. The smallest absolute Gasteiger partial charge is 0.319 e. The molecule has 0 saturated heterocycles. The van der Waals surface area contributed by atoms with Crippen molar-refractivity contribution in [2.24, 2.45) is 5.92 Å². The third-order valence-corrected chi connectivity index (χ3v) is 5.09. The molecule has 0 bridgehead atoms.